The lowest BCUT2D eigenvalue weighted by molar-refractivity contribution is 0.0640. The number of hydrogen-bond acceptors (Lipinski definition) is 3. The number of carbonyl (C=O) groups excluding carboxylic acids is 1. The van der Waals surface area contributed by atoms with Crippen molar-refractivity contribution in [2.45, 2.75) is 25.8 Å². The minimum absolute atomic E-state index is 0.0914. The van der Waals surface area contributed by atoms with E-state index >= 15 is 0 Å². The Morgan fingerprint density at radius 2 is 2.40 bits per heavy atom. The van der Waals surface area contributed by atoms with Crippen molar-refractivity contribution in [1.29, 1.82) is 0 Å². The van der Waals surface area contributed by atoms with Crippen LogP contribution in [0.25, 0.3) is 0 Å². The zero-order valence-corrected chi connectivity index (χ0v) is 12.1. The van der Waals surface area contributed by atoms with Crippen molar-refractivity contribution < 1.29 is 14.6 Å². The number of carbonyl (C=O) groups is 1. The fraction of sp³-hybridized carbons (Fsp3) is 0.667. The van der Waals surface area contributed by atoms with E-state index in [1.54, 1.807) is 7.11 Å². The van der Waals surface area contributed by atoms with Crippen LogP contribution in [0.15, 0.2) is 18.3 Å². The van der Waals surface area contributed by atoms with Gasteiger partial charge in [-0.25, -0.2) is 0 Å². The highest BCUT2D eigenvalue weighted by Crippen LogP contribution is 2.21. The molecule has 1 fully saturated rings. The molecular weight excluding hydrogens is 256 g/mol. The highest BCUT2D eigenvalue weighted by Gasteiger charge is 2.25. The maximum atomic E-state index is 12.6. The van der Waals surface area contributed by atoms with Gasteiger partial charge in [0.25, 0.3) is 5.91 Å². The molecule has 0 bridgehead atoms. The number of aliphatic hydroxyl groups is 1. The summed E-state index contributed by atoms with van der Waals surface area (Å²) < 4.78 is 7.02. The summed E-state index contributed by atoms with van der Waals surface area (Å²) >= 11 is 0. The van der Waals surface area contributed by atoms with Crippen LogP contribution in [-0.2, 0) is 11.3 Å². The number of piperidine rings is 1. The van der Waals surface area contributed by atoms with Crippen molar-refractivity contribution in [2.24, 2.45) is 5.92 Å². The smallest absolute Gasteiger partial charge is 0.270 e. The Morgan fingerprint density at radius 3 is 3.15 bits per heavy atom. The van der Waals surface area contributed by atoms with Gasteiger partial charge >= 0.3 is 0 Å². The van der Waals surface area contributed by atoms with Gasteiger partial charge in [-0.05, 0) is 37.3 Å². The third-order valence-corrected chi connectivity index (χ3v) is 3.93. The van der Waals surface area contributed by atoms with Crippen molar-refractivity contribution >= 4 is 5.91 Å². The van der Waals surface area contributed by atoms with Gasteiger partial charge in [0.1, 0.15) is 5.69 Å². The first-order chi connectivity index (χ1) is 9.76. The van der Waals surface area contributed by atoms with Crippen LogP contribution in [0.1, 0.15) is 29.8 Å². The standard InChI is InChI=1S/C15H24N2O3/c1-20-11-9-16-7-3-5-14(16)15(19)17-8-2-4-13(12-17)6-10-18/h3,5,7,13,18H,2,4,6,8-12H2,1H3. The van der Waals surface area contributed by atoms with Gasteiger partial charge in [-0.2, -0.15) is 0 Å². The van der Waals surface area contributed by atoms with Gasteiger partial charge in [-0.15, -0.1) is 0 Å². The molecule has 20 heavy (non-hydrogen) atoms. The molecule has 0 aliphatic carbocycles. The molecule has 1 aromatic rings. The number of aliphatic hydroxyl groups excluding tert-OH is 1. The van der Waals surface area contributed by atoms with Crippen molar-refractivity contribution in [1.82, 2.24) is 9.47 Å². The van der Waals surface area contributed by atoms with Crippen molar-refractivity contribution in [3.05, 3.63) is 24.0 Å². The molecule has 1 aliphatic rings. The zero-order valence-electron chi connectivity index (χ0n) is 12.1. The first kappa shape index (κ1) is 15.1. The fourth-order valence-electron chi connectivity index (χ4n) is 2.82. The third-order valence-electron chi connectivity index (χ3n) is 3.93. The van der Waals surface area contributed by atoms with Gasteiger partial charge in [0.15, 0.2) is 0 Å². The van der Waals surface area contributed by atoms with Crippen LogP contribution >= 0.6 is 0 Å². The van der Waals surface area contributed by atoms with Crippen LogP contribution in [0.2, 0.25) is 0 Å². The molecule has 1 aliphatic heterocycles. The van der Waals surface area contributed by atoms with Crippen molar-refractivity contribution in [2.75, 3.05) is 33.4 Å². The number of ether oxygens (including phenoxy) is 1. The van der Waals surface area contributed by atoms with Crippen LogP contribution in [-0.4, -0.2) is 53.9 Å². The molecular formula is C15H24N2O3. The van der Waals surface area contributed by atoms with Gasteiger partial charge < -0.3 is 19.3 Å². The summed E-state index contributed by atoms with van der Waals surface area (Å²) in [4.78, 5) is 14.5. The van der Waals surface area contributed by atoms with Crippen molar-refractivity contribution in [3.63, 3.8) is 0 Å². The summed E-state index contributed by atoms with van der Waals surface area (Å²) in [5.74, 6) is 0.522. The van der Waals surface area contributed by atoms with E-state index in [0.29, 0.717) is 19.1 Å². The zero-order chi connectivity index (χ0) is 14.4. The van der Waals surface area contributed by atoms with E-state index < -0.39 is 0 Å². The number of methoxy groups -OCH3 is 1. The summed E-state index contributed by atoms with van der Waals surface area (Å²) in [6.07, 6.45) is 4.83. The lowest BCUT2D eigenvalue weighted by atomic mass is 9.95. The Balaban J connectivity index is 2.01. The van der Waals surface area contributed by atoms with Gasteiger partial charge in [0, 0.05) is 39.5 Å². The monoisotopic (exact) mass is 280 g/mol. The highest BCUT2D eigenvalue weighted by atomic mass is 16.5. The molecule has 1 N–H and O–H groups in total. The topological polar surface area (TPSA) is 54.7 Å². The molecule has 1 aromatic heterocycles. The molecule has 1 unspecified atom stereocenters. The molecule has 2 rings (SSSR count). The van der Waals surface area contributed by atoms with E-state index in [-0.39, 0.29) is 12.5 Å². The molecule has 1 atom stereocenters. The van der Waals surface area contributed by atoms with E-state index in [0.717, 1.165) is 38.0 Å². The molecule has 5 nitrogen and oxygen atoms in total. The van der Waals surface area contributed by atoms with E-state index in [1.165, 1.54) is 0 Å². The van der Waals surface area contributed by atoms with E-state index in [1.807, 2.05) is 27.8 Å². The number of rotatable bonds is 6. The molecule has 112 valence electrons. The van der Waals surface area contributed by atoms with Crippen molar-refractivity contribution in [3.8, 4) is 0 Å². The van der Waals surface area contributed by atoms with E-state index in [2.05, 4.69) is 0 Å². The third kappa shape index (κ3) is 3.61. The summed E-state index contributed by atoms with van der Waals surface area (Å²) in [6, 6.07) is 3.77. The van der Waals surface area contributed by atoms with Gasteiger partial charge in [-0.1, -0.05) is 0 Å². The second-order valence-corrected chi connectivity index (χ2v) is 5.35. The van der Waals surface area contributed by atoms with Gasteiger partial charge in [0.05, 0.1) is 6.61 Å². The number of aromatic nitrogens is 1. The lowest BCUT2D eigenvalue weighted by Gasteiger charge is -2.32. The largest absolute Gasteiger partial charge is 0.396 e. The normalized spacial score (nSPS) is 19.3. The second-order valence-electron chi connectivity index (χ2n) is 5.35. The van der Waals surface area contributed by atoms with E-state index in [4.69, 9.17) is 9.84 Å². The van der Waals surface area contributed by atoms with Gasteiger partial charge in [0.2, 0.25) is 0 Å². The minimum Gasteiger partial charge on any atom is -0.396 e. The molecule has 0 spiro atoms. The average Bonchev–Trinajstić information content (AvgIpc) is 2.93. The Labute approximate surface area is 120 Å². The van der Waals surface area contributed by atoms with Crippen LogP contribution in [0.4, 0.5) is 0 Å². The maximum Gasteiger partial charge on any atom is 0.270 e. The Morgan fingerprint density at radius 1 is 1.55 bits per heavy atom. The molecule has 0 saturated carbocycles. The number of likely N-dealkylation sites (tertiary alicyclic amines) is 1. The molecule has 0 radical (unpaired) electrons. The quantitative estimate of drug-likeness (QED) is 0.856. The predicted octanol–water partition coefficient (Wildman–Crippen LogP) is 1.37. The predicted molar refractivity (Wildman–Crippen MR) is 76.6 cm³/mol. The average molecular weight is 280 g/mol. The SMILES string of the molecule is COCCn1cccc1C(=O)N1CCCC(CCO)C1. The van der Waals surface area contributed by atoms with E-state index in [9.17, 15) is 4.79 Å². The Kier molecular flexibility index (Phi) is 5.61. The Hall–Kier alpha value is -1.33. The minimum atomic E-state index is 0.0914. The first-order valence-corrected chi connectivity index (χ1v) is 7.30. The van der Waals surface area contributed by atoms with Gasteiger partial charge in [-0.3, -0.25) is 4.79 Å². The number of nitrogens with zero attached hydrogens (tertiary/aromatic N) is 2. The summed E-state index contributed by atoms with van der Waals surface area (Å²) in [5.41, 5.74) is 0.728. The maximum absolute atomic E-state index is 12.6. The van der Waals surface area contributed by atoms with Crippen LogP contribution in [0, 0.1) is 5.92 Å². The molecule has 0 aromatic carbocycles. The summed E-state index contributed by atoms with van der Waals surface area (Å²) in [5, 5.41) is 9.05. The molecule has 5 heteroatoms. The Bertz CT molecular complexity index is 429. The van der Waals surface area contributed by atoms with Crippen LogP contribution in [0.5, 0.6) is 0 Å². The summed E-state index contributed by atoms with van der Waals surface area (Å²) in [6.45, 7) is 3.07. The molecule has 1 saturated heterocycles. The van der Waals surface area contributed by atoms with Crippen LogP contribution in [0.3, 0.4) is 0 Å². The second kappa shape index (κ2) is 7.45. The molecule has 2 heterocycles. The fourth-order valence-corrected chi connectivity index (χ4v) is 2.82. The summed E-state index contributed by atoms with van der Waals surface area (Å²) in [7, 11) is 1.66. The number of amides is 1. The lowest BCUT2D eigenvalue weighted by Crippen LogP contribution is -2.41. The van der Waals surface area contributed by atoms with Crippen LogP contribution < -0.4 is 0 Å². The molecule has 1 amide bonds. The highest BCUT2D eigenvalue weighted by molar-refractivity contribution is 5.92. The first-order valence-electron chi connectivity index (χ1n) is 7.30. The number of hydrogen-bond donors (Lipinski definition) is 1.